The maximum absolute atomic E-state index is 12.5. The van der Waals surface area contributed by atoms with E-state index in [1.807, 2.05) is 0 Å². The summed E-state index contributed by atoms with van der Waals surface area (Å²) in [6, 6.07) is 4.24. The summed E-state index contributed by atoms with van der Waals surface area (Å²) in [5.74, 6) is -2.18. The zero-order valence-electron chi connectivity index (χ0n) is 16.1. The number of ether oxygens (including phenoxy) is 2. The lowest BCUT2D eigenvalue weighted by Crippen LogP contribution is -2.38. The van der Waals surface area contributed by atoms with Gasteiger partial charge in [-0.2, -0.15) is 31.1 Å². The number of aromatic nitrogens is 2. The quantitative estimate of drug-likeness (QED) is 0.302. The molecule has 2 aromatic rings. The van der Waals surface area contributed by atoms with Gasteiger partial charge in [0.15, 0.2) is 11.9 Å². The molecule has 0 radical (unpaired) electrons. The molecule has 0 saturated heterocycles. The Balaban J connectivity index is 0.000000311. The van der Waals surface area contributed by atoms with Crippen molar-refractivity contribution in [2.75, 3.05) is 13.2 Å². The summed E-state index contributed by atoms with van der Waals surface area (Å²) >= 11 is 0. The standard InChI is InChI=1S/C9H8F3NO3.C9H8F3NO2/c1-2-16-8(14)6-4-3-5-13(15)7(6)9(10,11)12;1-2-15-8(14)6-4-3-5-13-7(6)9(10,11)12/h3-5H,2H2,1H3;3-5H,2H2,1H3. The molecule has 0 aromatic carbocycles. The number of hydrogen-bond acceptors (Lipinski definition) is 6. The average Bonchev–Trinajstić information content (AvgIpc) is 2.67. The Morgan fingerprint density at radius 2 is 1.45 bits per heavy atom. The molecule has 2 heterocycles. The summed E-state index contributed by atoms with van der Waals surface area (Å²) in [6.45, 7) is 2.93. The SMILES string of the molecule is CCOC(=O)c1ccc[n+]([O-])c1C(F)(F)F.CCOC(=O)c1cccnc1C(F)(F)F. The van der Waals surface area contributed by atoms with E-state index in [1.54, 1.807) is 0 Å². The van der Waals surface area contributed by atoms with E-state index in [0.717, 1.165) is 24.4 Å². The van der Waals surface area contributed by atoms with Crippen LogP contribution < -0.4 is 4.73 Å². The largest absolute Gasteiger partial charge is 0.618 e. The van der Waals surface area contributed by atoms with Gasteiger partial charge in [0.2, 0.25) is 0 Å². The summed E-state index contributed by atoms with van der Waals surface area (Å²) in [5, 5.41) is 11.0. The van der Waals surface area contributed by atoms with Gasteiger partial charge in [0, 0.05) is 12.3 Å². The minimum Gasteiger partial charge on any atom is -0.618 e. The lowest BCUT2D eigenvalue weighted by atomic mass is 10.2. The lowest BCUT2D eigenvalue weighted by Gasteiger charge is -2.10. The van der Waals surface area contributed by atoms with Crippen LogP contribution in [-0.2, 0) is 21.8 Å². The number of carbonyl (C=O) groups excluding carboxylic acids is 2. The molecule has 170 valence electrons. The van der Waals surface area contributed by atoms with E-state index in [-0.39, 0.29) is 13.2 Å². The van der Waals surface area contributed by atoms with Gasteiger partial charge in [-0.25, -0.2) is 9.59 Å². The Morgan fingerprint density at radius 3 is 1.94 bits per heavy atom. The van der Waals surface area contributed by atoms with E-state index >= 15 is 0 Å². The van der Waals surface area contributed by atoms with E-state index < -0.39 is 51.5 Å². The predicted octanol–water partition coefficient (Wildman–Crippen LogP) is 3.79. The van der Waals surface area contributed by atoms with Gasteiger partial charge in [-0.15, -0.1) is 0 Å². The highest BCUT2D eigenvalue weighted by atomic mass is 19.4. The Bertz CT molecular complexity index is 915. The van der Waals surface area contributed by atoms with Gasteiger partial charge in [-0.1, -0.05) is 0 Å². The molecular weight excluding hydrogens is 438 g/mol. The van der Waals surface area contributed by atoms with Crippen LogP contribution in [0.2, 0.25) is 0 Å². The highest BCUT2D eigenvalue weighted by Gasteiger charge is 2.44. The van der Waals surface area contributed by atoms with Crippen LogP contribution in [0.4, 0.5) is 26.3 Å². The van der Waals surface area contributed by atoms with Crippen LogP contribution in [0, 0.1) is 5.21 Å². The molecule has 0 atom stereocenters. The number of carbonyl (C=O) groups is 2. The van der Waals surface area contributed by atoms with E-state index in [1.165, 1.54) is 19.9 Å². The average molecular weight is 454 g/mol. The van der Waals surface area contributed by atoms with Gasteiger partial charge in [-0.05, 0) is 32.0 Å². The second-order valence-electron chi connectivity index (χ2n) is 5.43. The van der Waals surface area contributed by atoms with Crippen LogP contribution in [0.1, 0.15) is 46.0 Å². The van der Waals surface area contributed by atoms with Crippen molar-refractivity contribution in [1.29, 1.82) is 0 Å². The topological polar surface area (TPSA) is 92.4 Å². The van der Waals surface area contributed by atoms with Crippen molar-refractivity contribution in [3.8, 4) is 0 Å². The van der Waals surface area contributed by atoms with Gasteiger partial charge in [0.25, 0.3) is 0 Å². The normalized spacial score (nSPS) is 11.2. The molecule has 0 unspecified atom stereocenters. The van der Waals surface area contributed by atoms with Crippen LogP contribution in [-0.4, -0.2) is 30.1 Å². The van der Waals surface area contributed by atoms with Gasteiger partial charge in [0.1, 0.15) is 5.56 Å². The maximum Gasteiger partial charge on any atom is 0.479 e. The summed E-state index contributed by atoms with van der Waals surface area (Å²) in [5.41, 5.74) is -4.13. The van der Waals surface area contributed by atoms with Crippen LogP contribution in [0.3, 0.4) is 0 Å². The molecule has 0 aliphatic rings. The van der Waals surface area contributed by atoms with E-state index in [4.69, 9.17) is 0 Å². The second-order valence-corrected chi connectivity index (χ2v) is 5.43. The number of esters is 2. The number of hydrogen-bond donors (Lipinski definition) is 0. The number of alkyl halides is 6. The first-order valence-electron chi connectivity index (χ1n) is 8.50. The van der Waals surface area contributed by atoms with E-state index in [0.29, 0.717) is 6.20 Å². The van der Waals surface area contributed by atoms with Gasteiger partial charge < -0.3 is 14.7 Å². The summed E-state index contributed by atoms with van der Waals surface area (Å²) in [4.78, 5) is 25.5. The number of pyridine rings is 2. The molecule has 0 aliphatic heterocycles. The molecule has 13 heteroatoms. The highest BCUT2D eigenvalue weighted by molar-refractivity contribution is 5.91. The van der Waals surface area contributed by atoms with Crippen molar-refractivity contribution in [3.63, 3.8) is 0 Å². The third-order valence-corrected chi connectivity index (χ3v) is 3.30. The molecule has 0 N–H and O–H groups in total. The first kappa shape index (κ1) is 25.7. The zero-order chi connectivity index (χ0) is 23.8. The Hall–Kier alpha value is -3.38. The Labute approximate surface area is 171 Å². The molecule has 2 aromatic heterocycles. The fourth-order valence-corrected chi connectivity index (χ4v) is 2.15. The van der Waals surface area contributed by atoms with Crippen molar-refractivity contribution >= 4 is 11.9 Å². The lowest BCUT2D eigenvalue weighted by molar-refractivity contribution is -0.629. The van der Waals surface area contributed by atoms with Crippen LogP contribution in [0.25, 0.3) is 0 Å². The van der Waals surface area contributed by atoms with Gasteiger partial charge in [0.05, 0.1) is 18.8 Å². The first-order valence-corrected chi connectivity index (χ1v) is 8.50. The Morgan fingerprint density at radius 1 is 0.935 bits per heavy atom. The molecule has 0 fully saturated rings. The third-order valence-electron chi connectivity index (χ3n) is 3.30. The van der Waals surface area contributed by atoms with E-state index in [2.05, 4.69) is 14.5 Å². The molecular formula is C18H16F6N2O5. The number of rotatable bonds is 4. The monoisotopic (exact) mass is 454 g/mol. The number of halogens is 6. The maximum atomic E-state index is 12.5. The van der Waals surface area contributed by atoms with Crippen molar-refractivity contribution in [1.82, 2.24) is 4.98 Å². The van der Waals surface area contributed by atoms with Crippen molar-refractivity contribution in [2.24, 2.45) is 0 Å². The third kappa shape index (κ3) is 7.12. The minimum atomic E-state index is -4.90. The predicted molar refractivity (Wildman–Crippen MR) is 91.6 cm³/mol. The summed E-state index contributed by atoms with van der Waals surface area (Å²) in [7, 11) is 0. The van der Waals surface area contributed by atoms with Crippen molar-refractivity contribution in [3.05, 3.63) is 64.4 Å². The molecule has 2 rings (SSSR count). The van der Waals surface area contributed by atoms with Crippen molar-refractivity contribution < 1.29 is 50.1 Å². The summed E-state index contributed by atoms with van der Waals surface area (Å²) < 4.78 is 83.1. The molecule has 0 aliphatic carbocycles. The number of nitrogens with zero attached hydrogens (tertiary/aromatic N) is 2. The Kier molecular flexibility index (Phi) is 8.76. The van der Waals surface area contributed by atoms with E-state index in [9.17, 15) is 41.1 Å². The van der Waals surface area contributed by atoms with Gasteiger partial charge in [-0.3, -0.25) is 4.98 Å². The smallest absolute Gasteiger partial charge is 0.479 e. The minimum absolute atomic E-state index is 0.0189. The summed E-state index contributed by atoms with van der Waals surface area (Å²) in [6.07, 6.45) is -7.90. The van der Waals surface area contributed by atoms with Gasteiger partial charge >= 0.3 is 30.0 Å². The molecule has 31 heavy (non-hydrogen) atoms. The van der Waals surface area contributed by atoms with Crippen molar-refractivity contribution in [2.45, 2.75) is 26.2 Å². The van der Waals surface area contributed by atoms with Crippen LogP contribution in [0.5, 0.6) is 0 Å². The fourth-order valence-electron chi connectivity index (χ4n) is 2.15. The van der Waals surface area contributed by atoms with Crippen LogP contribution in [0.15, 0.2) is 36.7 Å². The molecule has 0 bridgehead atoms. The molecule has 7 nitrogen and oxygen atoms in total. The molecule has 0 spiro atoms. The molecule has 0 amide bonds. The fraction of sp³-hybridized carbons (Fsp3) is 0.333. The zero-order valence-corrected chi connectivity index (χ0v) is 16.1. The van der Waals surface area contributed by atoms with Crippen LogP contribution >= 0.6 is 0 Å². The first-order chi connectivity index (χ1) is 14.3. The highest BCUT2D eigenvalue weighted by Crippen LogP contribution is 2.30. The molecule has 0 saturated carbocycles. The second kappa shape index (κ2) is 10.6.